The van der Waals surface area contributed by atoms with Crippen LogP contribution in [0, 0.1) is 0 Å². The Morgan fingerprint density at radius 1 is 1.09 bits per heavy atom. The number of aromatic nitrogens is 5. The number of hydrogen-bond donors (Lipinski definition) is 2. The summed E-state index contributed by atoms with van der Waals surface area (Å²) >= 11 is 6.43. The zero-order chi connectivity index (χ0) is 22.9. The Morgan fingerprint density at radius 2 is 1.94 bits per heavy atom. The second kappa shape index (κ2) is 6.93. The number of H-pyrrole nitrogens is 1. The molecule has 9 heteroatoms. The predicted molar refractivity (Wildman–Crippen MR) is 131 cm³/mol. The largest absolute Gasteiger partial charge is 0.477 e. The number of ether oxygens (including phenoxy) is 1. The van der Waals surface area contributed by atoms with Crippen LogP contribution in [0.4, 0.5) is 5.95 Å². The predicted octanol–water partition coefficient (Wildman–Crippen LogP) is 4.60. The molecule has 166 valence electrons. The summed E-state index contributed by atoms with van der Waals surface area (Å²) in [7, 11) is 0. The third-order valence-corrected chi connectivity index (χ3v) is 6.76. The molecule has 0 radical (unpaired) electrons. The minimum Gasteiger partial charge on any atom is -0.477 e. The number of nitrogens with two attached hydrogens (primary N) is 1. The van der Waals surface area contributed by atoms with Gasteiger partial charge < -0.3 is 15.5 Å². The minimum atomic E-state index is -0.726. The number of pyridine rings is 1. The second-order valence-corrected chi connectivity index (χ2v) is 8.73. The lowest BCUT2D eigenvalue weighted by Crippen LogP contribution is -2.41. The number of halogens is 1. The molecule has 8 nitrogen and oxygen atoms in total. The topological polar surface area (TPSA) is 97.4 Å². The van der Waals surface area contributed by atoms with Gasteiger partial charge in [-0.1, -0.05) is 29.8 Å². The summed E-state index contributed by atoms with van der Waals surface area (Å²) in [5.41, 5.74) is 10.1. The lowest BCUT2D eigenvalue weighted by Gasteiger charge is -2.31. The molecule has 34 heavy (non-hydrogen) atoms. The van der Waals surface area contributed by atoms with Gasteiger partial charge in [0.15, 0.2) is 11.2 Å². The van der Waals surface area contributed by atoms with Gasteiger partial charge in [0.2, 0.25) is 5.95 Å². The maximum Gasteiger partial charge on any atom is 0.221 e. The van der Waals surface area contributed by atoms with Gasteiger partial charge in [-0.3, -0.25) is 14.3 Å². The number of imidazole rings is 1. The van der Waals surface area contributed by atoms with Crippen molar-refractivity contribution in [2.75, 3.05) is 4.90 Å². The number of benzene rings is 1. The molecule has 5 aromatic rings. The fraction of sp³-hybridized carbons (Fsp3) is 0.0800. The van der Waals surface area contributed by atoms with Crippen LogP contribution in [0.1, 0.15) is 11.6 Å². The molecule has 1 spiro atoms. The number of para-hydroxylation sites is 1. The van der Waals surface area contributed by atoms with Crippen LogP contribution in [0.2, 0.25) is 5.02 Å². The van der Waals surface area contributed by atoms with Crippen LogP contribution < -0.4 is 15.4 Å². The van der Waals surface area contributed by atoms with Crippen molar-refractivity contribution in [3.05, 3.63) is 96.5 Å². The van der Waals surface area contributed by atoms with Crippen LogP contribution in [-0.4, -0.2) is 29.9 Å². The fourth-order valence-corrected chi connectivity index (χ4v) is 4.97. The summed E-state index contributed by atoms with van der Waals surface area (Å²) in [5.74, 6) is 1.49. The average Bonchev–Trinajstić information content (AvgIpc) is 3.57. The van der Waals surface area contributed by atoms with Crippen molar-refractivity contribution in [3.8, 4) is 16.9 Å². The zero-order valence-corrected chi connectivity index (χ0v) is 18.5. The monoisotopic (exact) mass is 467 g/mol. The summed E-state index contributed by atoms with van der Waals surface area (Å²) < 4.78 is 8.20. The Kier molecular flexibility index (Phi) is 3.94. The normalized spacial score (nSPS) is 18.2. The van der Waals surface area contributed by atoms with Gasteiger partial charge in [0.1, 0.15) is 11.4 Å². The summed E-state index contributed by atoms with van der Waals surface area (Å²) in [6.07, 6.45) is 16.7. The highest BCUT2D eigenvalue weighted by Crippen LogP contribution is 2.45. The highest BCUT2D eigenvalue weighted by Gasteiger charge is 2.44. The molecule has 0 aliphatic carbocycles. The molecular weight excluding hydrogens is 450 g/mol. The van der Waals surface area contributed by atoms with Gasteiger partial charge in [-0.2, -0.15) is 4.98 Å². The summed E-state index contributed by atoms with van der Waals surface area (Å²) in [5, 5.41) is 1.46. The van der Waals surface area contributed by atoms with Crippen LogP contribution in [0.3, 0.4) is 0 Å². The first-order valence-electron chi connectivity index (χ1n) is 10.8. The second-order valence-electron chi connectivity index (χ2n) is 8.32. The highest BCUT2D eigenvalue weighted by atomic mass is 35.5. The van der Waals surface area contributed by atoms with E-state index in [4.69, 9.17) is 27.1 Å². The molecule has 0 unspecified atom stereocenters. The van der Waals surface area contributed by atoms with E-state index in [1.165, 1.54) is 0 Å². The molecule has 1 atom stereocenters. The number of nitrogens with zero attached hydrogens (tertiary/aromatic N) is 5. The van der Waals surface area contributed by atoms with Crippen LogP contribution in [0.5, 0.6) is 5.75 Å². The van der Waals surface area contributed by atoms with Gasteiger partial charge in [-0.15, -0.1) is 0 Å². The van der Waals surface area contributed by atoms with Crippen molar-refractivity contribution in [2.24, 2.45) is 5.73 Å². The first-order valence-corrected chi connectivity index (χ1v) is 11.2. The summed E-state index contributed by atoms with van der Waals surface area (Å²) in [4.78, 5) is 18.8. The van der Waals surface area contributed by atoms with Crippen LogP contribution in [-0.2, 0) is 0 Å². The van der Waals surface area contributed by atoms with E-state index in [0.717, 1.165) is 33.5 Å². The summed E-state index contributed by atoms with van der Waals surface area (Å²) in [6, 6.07) is 9.47. The Labute approximate surface area is 199 Å². The molecule has 6 heterocycles. The lowest BCUT2D eigenvalue weighted by molar-refractivity contribution is 0.173. The first-order chi connectivity index (χ1) is 16.6. The molecule has 2 aliphatic heterocycles. The molecule has 3 N–H and O–H groups in total. The highest BCUT2D eigenvalue weighted by molar-refractivity contribution is 6.33. The van der Waals surface area contributed by atoms with Gasteiger partial charge >= 0.3 is 0 Å². The first kappa shape index (κ1) is 19.3. The molecule has 7 rings (SSSR count). The van der Waals surface area contributed by atoms with Crippen molar-refractivity contribution in [3.63, 3.8) is 0 Å². The molecule has 0 amide bonds. The molecule has 0 saturated carbocycles. The maximum atomic E-state index is 6.56. The van der Waals surface area contributed by atoms with Gasteiger partial charge in [0.25, 0.3) is 0 Å². The van der Waals surface area contributed by atoms with Crippen molar-refractivity contribution in [1.29, 1.82) is 0 Å². The molecule has 0 saturated heterocycles. The smallest absolute Gasteiger partial charge is 0.221 e. The Morgan fingerprint density at radius 3 is 2.76 bits per heavy atom. The van der Waals surface area contributed by atoms with Gasteiger partial charge in [0.05, 0.1) is 16.5 Å². The third kappa shape index (κ3) is 2.60. The van der Waals surface area contributed by atoms with E-state index in [-0.39, 0.29) is 6.04 Å². The van der Waals surface area contributed by atoms with Crippen molar-refractivity contribution < 1.29 is 4.74 Å². The number of rotatable bonds is 2. The van der Waals surface area contributed by atoms with Gasteiger partial charge in [-0.05, 0) is 24.3 Å². The van der Waals surface area contributed by atoms with E-state index in [1.54, 1.807) is 18.6 Å². The molecule has 2 aliphatic rings. The van der Waals surface area contributed by atoms with E-state index in [1.807, 2.05) is 76.6 Å². The van der Waals surface area contributed by atoms with E-state index in [9.17, 15) is 0 Å². The SMILES string of the molecule is N[C@@H]1c2ccccc2OC12C=CN(c1nc3[nH]cc(-c4ccncc4Cl)c3c3nccn13)C=C2. The van der Waals surface area contributed by atoms with Crippen LogP contribution >= 0.6 is 11.6 Å². The van der Waals surface area contributed by atoms with E-state index >= 15 is 0 Å². The van der Waals surface area contributed by atoms with Gasteiger partial charge in [0, 0.05) is 60.1 Å². The number of nitrogens with one attached hydrogen (secondary N) is 1. The minimum absolute atomic E-state index is 0.293. The Bertz CT molecular complexity index is 1640. The molecular formula is C25H18ClN7O. The van der Waals surface area contributed by atoms with Crippen LogP contribution in [0.25, 0.3) is 27.8 Å². The van der Waals surface area contributed by atoms with Gasteiger partial charge in [-0.25, -0.2) is 4.98 Å². The zero-order valence-electron chi connectivity index (χ0n) is 17.8. The van der Waals surface area contributed by atoms with Crippen molar-refractivity contribution in [1.82, 2.24) is 24.3 Å². The van der Waals surface area contributed by atoms with Crippen LogP contribution in [0.15, 0.2) is 85.9 Å². The number of fused-ring (bicyclic) bond motifs is 4. The quantitative estimate of drug-likeness (QED) is 0.393. The van der Waals surface area contributed by atoms with Crippen molar-refractivity contribution in [2.45, 2.75) is 11.6 Å². The average molecular weight is 468 g/mol. The number of anilines is 1. The number of aromatic amines is 1. The Balaban J connectivity index is 1.32. The standard InChI is InChI=1S/C25H18ClN7O/c26-18-14-28-8-5-15(18)17-13-30-22-20(17)23-29-9-12-33(23)24(31-22)32-10-6-25(7-11-32)21(27)16-3-1-2-4-19(16)34-25/h1-14,21,30H,27H2/t21-/m1/s1. The molecule has 0 fully saturated rings. The lowest BCUT2D eigenvalue weighted by atomic mass is 9.90. The van der Waals surface area contributed by atoms with E-state index in [2.05, 4.69) is 15.0 Å². The Hall–Kier alpha value is -4.14. The van der Waals surface area contributed by atoms with E-state index < -0.39 is 5.60 Å². The number of hydrogen-bond acceptors (Lipinski definition) is 6. The molecule has 4 aromatic heterocycles. The molecule has 1 aromatic carbocycles. The van der Waals surface area contributed by atoms with Crippen molar-refractivity contribution >= 4 is 34.2 Å². The summed E-state index contributed by atoms with van der Waals surface area (Å²) in [6.45, 7) is 0. The third-order valence-electron chi connectivity index (χ3n) is 6.46. The maximum absolute atomic E-state index is 6.56. The van der Waals surface area contributed by atoms with E-state index in [0.29, 0.717) is 16.6 Å². The molecule has 0 bridgehead atoms. The fourth-order valence-electron chi connectivity index (χ4n) is 4.75.